The molecule has 20 heavy (non-hydrogen) atoms. The van der Waals surface area contributed by atoms with Crippen molar-refractivity contribution in [1.29, 1.82) is 0 Å². The Morgan fingerprint density at radius 2 is 1.75 bits per heavy atom. The highest BCUT2D eigenvalue weighted by atomic mass is 16.5. The summed E-state index contributed by atoms with van der Waals surface area (Å²) < 4.78 is 10.7. The van der Waals surface area contributed by atoms with E-state index < -0.39 is 0 Å². The summed E-state index contributed by atoms with van der Waals surface area (Å²) in [5, 5.41) is 0. The lowest BCUT2D eigenvalue weighted by molar-refractivity contribution is -0.103. The second-order valence-electron chi connectivity index (χ2n) is 4.20. The Kier molecular flexibility index (Phi) is 4.95. The van der Waals surface area contributed by atoms with Crippen LogP contribution in [0.3, 0.4) is 0 Å². The quantitative estimate of drug-likeness (QED) is 0.457. The number of para-hydroxylation sites is 1. The summed E-state index contributed by atoms with van der Waals surface area (Å²) in [5.74, 6) is 0.659. The van der Waals surface area contributed by atoms with Crippen molar-refractivity contribution >= 4 is 11.9 Å². The first kappa shape index (κ1) is 13.9. The molecule has 0 saturated carbocycles. The van der Waals surface area contributed by atoms with Gasteiger partial charge in [-0.05, 0) is 11.6 Å². The normalized spacial score (nSPS) is 10.9. The summed E-state index contributed by atoms with van der Waals surface area (Å²) in [6.45, 7) is 0.455. The van der Waals surface area contributed by atoms with Gasteiger partial charge in [-0.3, -0.25) is 4.79 Å². The van der Waals surface area contributed by atoms with Gasteiger partial charge in [0.2, 0.25) is 0 Å². The number of benzene rings is 2. The molecule has 0 N–H and O–H groups in total. The minimum atomic E-state index is 0.455. The van der Waals surface area contributed by atoms with Gasteiger partial charge in [0.25, 0.3) is 0 Å². The van der Waals surface area contributed by atoms with Crippen LogP contribution in [-0.2, 0) is 16.1 Å². The molecule has 3 heteroatoms. The van der Waals surface area contributed by atoms with Crippen LogP contribution in [0.2, 0.25) is 0 Å². The molecular formula is C17H16O3. The number of allylic oxidation sites excluding steroid dienone is 1. The number of ether oxygens (including phenoxy) is 2. The third kappa shape index (κ3) is 3.48. The van der Waals surface area contributed by atoms with Crippen molar-refractivity contribution in [1.82, 2.24) is 0 Å². The van der Waals surface area contributed by atoms with E-state index in [-0.39, 0.29) is 0 Å². The van der Waals surface area contributed by atoms with Crippen LogP contribution in [0.4, 0.5) is 0 Å². The first-order valence-corrected chi connectivity index (χ1v) is 6.29. The first-order chi connectivity index (χ1) is 9.85. The minimum Gasteiger partial charge on any atom is -0.504 e. The van der Waals surface area contributed by atoms with Crippen molar-refractivity contribution in [3.63, 3.8) is 0 Å². The molecule has 0 fully saturated rings. The lowest BCUT2D eigenvalue weighted by Gasteiger charge is -2.11. The van der Waals surface area contributed by atoms with Gasteiger partial charge in [-0.15, -0.1) is 0 Å². The van der Waals surface area contributed by atoms with E-state index >= 15 is 0 Å². The van der Waals surface area contributed by atoms with Gasteiger partial charge in [-0.25, -0.2) is 0 Å². The van der Waals surface area contributed by atoms with Crippen LogP contribution in [0, 0.1) is 0 Å². The highest BCUT2D eigenvalue weighted by molar-refractivity contribution is 6.07. The molecule has 2 aromatic carbocycles. The lowest BCUT2D eigenvalue weighted by atomic mass is 10.1. The van der Waals surface area contributed by atoms with E-state index in [1.807, 2.05) is 54.6 Å². The predicted molar refractivity (Wildman–Crippen MR) is 78.3 cm³/mol. The second-order valence-corrected chi connectivity index (χ2v) is 4.20. The standard InChI is InChI=1S/C17H16O3/c1-19-13-15(11-18)16-9-5-6-10-17(16)20-12-14-7-3-2-4-8-14/h2-11,13H,12H2,1H3. The summed E-state index contributed by atoms with van der Waals surface area (Å²) in [5.41, 5.74) is 2.25. The zero-order chi connectivity index (χ0) is 14.2. The van der Waals surface area contributed by atoms with Crippen LogP contribution in [0.1, 0.15) is 11.1 Å². The summed E-state index contributed by atoms with van der Waals surface area (Å²) in [6.07, 6.45) is 2.17. The van der Waals surface area contributed by atoms with Gasteiger partial charge in [-0.1, -0.05) is 48.5 Å². The zero-order valence-corrected chi connectivity index (χ0v) is 11.3. The smallest absolute Gasteiger partial charge is 0.153 e. The monoisotopic (exact) mass is 268 g/mol. The fourth-order valence-corrected chi connectivity index (χ4v) is 1.85. The molecule has 0 aliphatic carbocycles. The SMILES string of the molecule is COC=C(C=O)c1ccccc1OCc1ccccc1. The van der Waals surface area contributed by atoms with E-state index in [0.29, 0.717) is 17.9 Å². The molecule has 0 aliphatic heterocycles. The van der Waals surface area contributed by atoms with Crippen LogP contribution in [0.25, 0.3) is 5.57 Å². The summed E-state index contributed by atoms with van der Waals surface area (Å²) >= 11 is 0. The van der Waals surface area contributed by atoms with Gasteiger partial charge in [0, 0.05) is 5.56 Å². The third-order valence-electron chi connectivity index (χ3n) is 2.81. The van der Waals surface area contributed by atoms with Crippen LogP contribution < -0.4 is 4.74 Å². The molecule has 0 spiro atoms. The number of hydrogen-bond acceptors (Lipinski definition) is 3. The Morgan fingerprint density at radius 1 is 1.05 bits per heavy atom. The number of methoxy groups -OCH3 is 1. The van der Waals surface area contributed by atoms with Gasteiger partial charge in [0.15, 0.2) is 6.29 Å². The largest absolute Gasteiger partial charge is 0.504 e. The predicted octanol–water partition coefficient (Wildman–Crippen LogP) is 3.45. The highest BCUT2D eigenvalue weighted by Crippen LogP contribution is 2.25. The maximum absolute atomic E-state index is 11.1. The van der Waals surface area contributed by atoms with E-state index in [1.165, 1.54) is 13.4 Å². The van der Waals surface area contributed by atoms with Gasteiger partial charge >= 0.3 is 0 Å². The lowest BCUT2D eigenvalue weighted by Crippen LogP contribution is -1.99. The zero-order valence-electron chi connectivity index (χ0n) is 11.3. The van der Waals surface area contributed by atoms with Crippen molar-refractivity contribution in [3.05, 3.63) is 72.0 Å². The Labute approximate surface area is 118 Å². The topological polar surface area (TPSA) is 35.5 Å². The average molecular weight is 268 g/mol. The number of aldehydes is 1. The van der Waals surface area contributed by atoms with Gasteiger partial charge < -0.3 is 9.47 Å². The molecule has 0 saturated heterocycles. The van der Waals surface area contributed by atoms with E-state index in [2.05, 4.69) is 0 Å². The van der Waals surface area contributed by atoms with Gasteiger partial charge in [0.05, 0.1) is 18.9 Å². The molecule has 0 bridgehead atoms. The number of hydrogen-bond donors (Lipinski definition) is 0. The maximum atomic E-state index is 11.1. The van der Waals surface area contributed by atoms with Crippen LogP contribution in [0.15, 0.2) is 60.9 Å². The summed E-state index contributed by atoms with van der Waals surface area (Å²) in [7, 11) is 1.51. The third-order valence-corrected chi connectivity index (χ3v) is 2.81. The second kappa shape index (κ2) is 7.14. The molecule has 0 unspecified atom stereocenters. The Hall–Kier alpha value is -2.55. The number of carbonyl (C=O) groups excluding carboxylic acids is 1. The van der Waals surface area contributed by atoms with Gasteiger partial charge in [0.1, 0.15) is 12.4 Å². The molecule has 0 radical (unpaired) electrons. The van der Waals surface area contributed by atoms with Crippen LogP contribution in [-0.4, -0.2) is 13.4 Å². The van der Waals surface area contributed by atoms with E-state index in [9.17, 15) is 4.79 Å². The number of rotatable bonds is 6. The molecule has 2 rings (SSSR count). The molecular weight excluding hydrogens is 252 g/mol. The van der Waals surface area contributed by atoms with Gasteiger partial charge in [-0.2, -0.15) is 0 Å². The van der Waals surface area contributed by atoms with Crippen LogP contribution in [0.5, 0.6) is 5.75 Å². The molecule has 0 heterocycles. The summed E-state index contributed by atoms with van der Waals surface area (Å²) in [6, 6.07) is 17.3. The van der Waals surface area contributed by atoms with E-state index in [0.717, 1.165) is 17.4 Å². The molecule has 0 atom stereocenters. The van der Waals surface area contributed by atoms with Crippen molar-refractivity contribution in [3.8, 4) is 5.75 Å². The highest BCUT2D eigenvalue weighted by Gasteiger charge is 2.08. The number of carbonyl (C=O) groups is 1. The average Bonchev–Trinajstić information content (AvgIpc) is 2.52. The molecule has 2 aromatic rings. The van der Waals surface area contributed by atoms with Crippen LogP contribution >= 0.6 is 0 Å². The fraction of sp³-hybridized carbons (Fsp3) is 0.118. The van der Waals surface area contributed by atoms with Crippen molar-refractivity contribution in [2.24, 2.45) is 0 Å². The fourth-order valence-electron chi connectivity index (χ4n) is 1.85. The van der Waals surface area contributed by atoms with E-state index in [4.69, 9.17) is 9.47 Å². The van der Waals surface area contributed by atoms with E-state index in [1.54, 1.807) is 0 Å². The molecule has 0 aromatic heterocycles. The molecule has 0 aliphatic rings. The van der Waals surface area contributed by atoms with Crippen molar-refractivity contribution < 1.29 is 14.3 Å². The van der Waals surface area contributed by atoms with Crippen molar-refractivity contribution in [2.45, 2.75) is 6.61 Å². The molecule has 3 nitrogen and oxygen atoms in total. The summed E-state index contributed by atoms with van der Waals surface area (Å²) in [4.78, 5) is 11.1. The molecule has 0 amide bonds. The molecule has 102 valence electrons. The Bertz CT molecular complexity index is 588. The maximum Gasteiger partial charge on any atom is 0.153 e. The van der Waals surface area contributed by atoms with Crippen molar-refractivity contribution in [2.75, 3.05) is 7.11 Å². The Balaban J connectivity index is 2.20. The Morgan fingerprint density at radius 3 is 2.45 bits per heavy atom. The minimum absolute atomic E-state index is 0.455. The first-order valence-electron chi connectivity index (χ1n) is 6.29.